The van der Waals surface area contributed by atoms with Crippen molar-refractivity contribution in [3.05, 3.63) is 24.0 Å². The molecule has 0 radical (unpaired) electrons. The number of carboxylic acids is 1. The van der Waals surface area contributed by atoms with Gasteiger partial charge in [0.15, 0.2) is 17.4 Å². The van der Waals surface area contributed by atoms with Crippen LogP contribution in [0.15, 0.2) is 22.8 Å². The van der Waals surface area contributed by atoms with Crippen molar-refractivity contribution in [2.75, 3.05) is 13.7 Å². The molecule has 0 fully saturated rings. The van der Waals surface area contributed by atoms with E-state index in [0.29, 0.717) is 28.0 Å². The van der Waals surface area contributed by atoms with E-state index in [1.165, 1.54) is 19.4 Å². The molecule has 2 N–H and O–H groups in total. The maximum atomic E-state index is 10.9. The molecule has 1 atom stereocenters. The summed E-state index contributed by atoms with van der Waals surface area (Å²) in [6, 6.07) is 1.71. The number of hydrogen-bond acceptors (Lipinski definition) is 6. The second-order valence-corrected chi connectivity index (χ2v) is 6.01. The van der Waals surface area contributed by atoms with Crippen molar-refractivity contribution < 1.29 is 33.6 Å². The minimum atomic E-state index is -1.14. The summed E-state index contributed by atoms with van der Waals surface area (Å²) in [4.78, 5) is 10.9. The van der Waals surface area contributed by atoms with Crippen molar-refractivity contribution in [1.82, 2.24) is 0 Å². The first-order chi connectivity index (χ1) is 11.3. The molecule has 0 saturated carbocycles. The van der Waals surface area contributed by atoms with Crippen molar-refractivity contribution in [2.24, 2.45) is 0 Å². The third kappa shape index (κ3) is 2.67. The highest BCUT2D eigenvalue weighted by Crippen LogP contribution is 2.49. The minimum Gasteiger partial charge on any atom is -0.495 e. The molecule has 1 aliphatic heterocycles. The summed E-state index contributed by atoms with van der Waals surface area (Å²) in [7, 11) is 1.48. The van der Waals surface area contributed by atoms with E-state index in [1.807, 2.05) is 0 Å². The van der Waals surface area contributed by atoms with Gasteiger partial charge in [0.2, 0.25) is 5.75 Å². The van der Waals surface area contributed by atoms with Gasteiger partial charge in [0.1, 0.15) is 12.4 Å². The molecule has 3 rings (SSSR count). The van der Waals surface area contributed by atoms with Gasteiger partial charge in [0.05, 0.1) is 29.9 Å². The van der Waals surface area contributed by atoms with E-state index in [4.69, 9.17) is 23.7 Å². The molecule has 24 heavy (non-hydrogen) atoms. The van der Waals surface area contributed by atoms with E-state index in [9.17, 15) is 9.90 Å². The molecule has 1 aromatic heterocycles. The molecule has 0 bridgehead atoms. The Morgan fingerprint density at radius 1 is 1.42 bits per heavy atom. The minimum absolute atomic E-state index is 0.140. The van der Waals surface area contributed by atoms with Crippen molar-refractivity contribution in [3.63, 3.8) is 0 Å². The van der Waals surface area contributed by atoms with Gasteiger partial charge in [0.25, 0.3) is 0 Å². The van der Waals surface area contributed by atoms with Crippen molar-refractivity contribution in [1.29, 1.82) is 0 Å². The van der Waals surface area contributed by atoms with E-state index in [0.717, 1.165) is 6.08 Å². The van der Waals surface area contributed by atoms with E-state index >= 15 is 0 Å². The van der Waals surface area contributed by atoms with Crippen molar-refractivity contribution in [2.45, 2.75) is 25.6 Å². The van der Waals surface area contributed by atoms with Gasteiger partial charge in [-0.1, -0.05) is 0 Å². The number of furan rings is 1. The molecule has 0 aliphatic carbocycles. The average Bonchev–Trinajstić information content (AvgIpc) is 3.00. The summed E-state index contributed by atoms with van der Waals surface area (Å²) >= 11 is 0. The smallest absolute Gasteiger partial charge is 0.328 e. The molecule has 0 amide bonds. The Labute approximate surface area is 138 Å². The summed E-state index contributed by atoms with van der Waals surface area (Å²) in [6.07, 6.45) is 3.23. The molecule has 7 nitrogen and oxygen atoms in total. The predicted octanol–water partition coefficient (Wildman–Crippen LogP) is 2.45. The zero-order chi connectivity index (χ0) is 17.5. The van der Waals surface area contributed by atoms with Crippen LogP contribution in [0, 0.1) is 0 Å². The van der Waals surface area contributed by atoms with Crippen molar-refractivity contribution >= 4 is 23.0 Å². The lowest BCUT2D eigenvalue weighted by atomic mass is 10.0. The Kier molecular flexibility index (Phi) is 3.88. The van der Waals surface area contributed by atoms with Gasteiger partial charge in [-0.25, -0.2) is 4.79 Å². The largest absolute Gasteiger partial charge is 0.495 e. The molecular weight excluding hydrogens is 316 g/mol. The Morgan fingerprint density at radius 3 is 2.79 bits per heavy atom. The lowest BCUT2D eigenvalue weighted by molar-refractivity contribution is -0.131. The number of rotatable bonds is 4. The normalized spacial score (nSPS) is 17.4. The number of carboxylic acid groups (broad SMARTS) is 1. The van der Waals surface area contributed by atoms with Crippen LogP contribution in [0.2, 0.25) is 0 Å². The van der Waals surface area contributed by atoms with E-state index < -0.39 is 17.7 Å². The SMILES string of the molecule is COc1c(C=CC(=O)O)c2c(c3occc13)OC[C@H](C(C)(C)O)O2. The van der Waals surface area contributed by atoms with Crippen molar-refractivity contribution in [3.8, 4) is 17.2 Å². The molecular formula is C17H18O7. The van der Waals surface area contributed by atoms with Crippen LogP contribution < -0.4 is 14.2 Å². The average molecular weight is 334 g/mol. The van der Waals surface area contributed by atoms with Gasteiger partial charge in [-0.3, -0.25) is 0 Å². The first kappa shape index (κ1) is 16.2. The number of carbonyl (C=O) groups is 1. The predicted molar refractivity (Wildman–Crippen MR) is 85.6 cm³/mol. The standard InChI is InChI=1S/C17H18O7/c1-17(2,20)11-8-23-16-14-10(6-7-22-14)13(21-3)9(15(16)24-11)4-5-12(18)19/h4-7,11,20H,8H2,1-3H3,(H,18,19)/t11-/m1/s1. The maximum Gasteiger partial charge on any atom is 0.328 e. The number of aliphatic carboxylic acids is 1. The summed E-state index contributed by atoms with van der Waals surface area (Å²) < 4.78 is 22.6. The second-order valence-electron chi connectivity index (χ2n) is 6.01. The molecule has 1 aliphatic rings. The third-order valence-electron chi connectivity index (χ3n) is 3.84. The fourth-order valence-corrected chi connectivity index (χ4v) is 2.59. The summed E-state index contributed by atoms with van der Waals surface area (Å²) in [5.74, 6) is -0.0460. The molecule has 128 valence electrons. The third-order valence-corrected chi connectivity index (χ3v) is 3.84. The van der Waals surface area contributed by atoms with Crippen LogP contribution in [0.1, 0.15) is 19.4 Å². The lowest BCUT2D eigenvalue weighted by Crippen LogP contribution is -2.46. The molecule has 0 saturated heterocycles. The number of benzene rings is 1. The molecule has 1 aromatic carbocycles. The molecule has 2 heterocycles. The van der Waals surface area contributed by atoms with Crippen LogP contribution in [0.5, 0.6) is 17.2 Å². The van der Waals surface area contributed by atoms with Gasteiger partial charge in [-0.05, 0) is 26.0 Å². The maximum absolute atomic E-state index is 10.9. The van der Waals surface area contributed by atoms with Crippen LogP contribution >= 0.6 is 0 Å². The molecule has 2 aromatic rings. The van der Waals surface area contributed by atoms with Crippen LogP contribution in [0.25, 0.3) is 17.0 Å². The quantitative estimate of drug-likeness (QED) is 0.829. The number of ether oxygens (including phenoxy) is 3. The van der Waals surface area contributed by atoms with Crippen LogP contribution in [-0.2, 0) is 4.79 Å². The summed E-state index contributed by atoms with van der Waals surface area (Å²) in [6.45, 7) is 3.36. The van der Waals surface area contributed by atoms with Gasteiger partial charge >= 0.3 is 5.97 Å². The highest BCUT2D eigenvalue weighted by atomic mass is 16.6. The van der Waals surface area contributed by atoms with Gasteiger partial charge in [-0.2, -0.15) is 0 Å². The van der Waals surface area contributed by atoms with E-state index in [2.05, 4.69) is 0 Å². The van der Waals surface area contributed by atoms with E-state index in [1.54, 1.807) is 19.9 Å². The zero-order valence-electron chi connectivity index (χ0n) is 13.5. The number of hydrogen-bond donors (Lipinski definition) is 2. The molecule has 7 heteroatoms. The highest BCUT2D eigenvalue weighted by Gasteiger charge is 2.37. The number of methoxy groups -OCH3 is 1. The van der Waals surface area contributed by atoms with E-state index in [-0.39, 0.29) is 12.4 Å². The second kappa shape index (κ2) is 5.76. The fraction of sp³-hybridized carbons (Fsp3) is 0.353. The van der Waals surface area contributed by atoms with Crippen LogP contribution in [0.3, 0.4) is 0 Å². The fourth-order valence-electron chi connectivity index (χ4n) is 2.59. The molecule has 0 spiro atoms. The van der Waals surface area contributed by atoms with Gasteiger partial charge in [-0.15, -0.1) is 0 Å². The summed E-state index contributed by atoms with van der Waals surface area (Å²) in [5.41, 5.74) is -0.280. The monoisotopic (exact) mass is 334 g/mol. The molecule has 0 unspecified atom stereocenters. The van der Waals surface area contributed by atoms with Gasteiger partial charge in [0, 0.05) is 6.08 Å². The Balaban J connectivity index is 2.24. The Hall–Kier alpha value is -2.67. The first-order valence-corrected chi connectivity index (χ1v) is 7.37. The highest BCUT2D eigenvalue weighted by molar-refractivity contribution is 5.98. The Bertz CT molecular complexity index is 810. The topological polar surface area (TPSA) is 98.4 Å². The first-order valence-electron chi connectivity index (χ1n) is 7.37. The number of aliphatic hydroxyl groups is 1. The van der Waals surface area contributed by atoms with Crippen LogP contribution in [0.4, 0.5) is 0 Å². The van der Waals surface area contributed by atoms with Crippen LogP contribution in [-0.4, -0.2) is 41.6 Å². The lowest BCUT2D eigenvalue weighted by Gasteiger charge is -2.34. The number of fused-ring (bicyclic) bond motifs is 3. The summed E-state index contributed by atoms with van der Waals surface area (Å²) in [5, 5.41) is 19.8. The zero-order valence-corrected chi connectivity index (χ0v) is 13.5. The van der Waals surface area contributed by atoms with Gasteiger partial charge < -0.3 is 28.8 Å². The Morgan fingerprint density at radius 2 is 2.17 bits per heavy atom.